The van der Waals surface area contributed by atoms with Gasteiger partial charge < -0.3 is 15.1 Å². The largest absolute Gasteiger partial charge is 0.368 e. The summed E-state index contributed by atoms with van der Waals surface area (Å²) in [5.74, 6) is 0. The summed E-state index contributed by atoms with van der Waals surface area (Å²) in [4.78, 5) is 4.63. The molecule has 0 amide bonds. The lowest BCUT2D eigenvalue weighted by Gasteiger charge is -2.37. The quantitative estimate of drug-likeness (QED) is 0.841. The summed E-state index contributed by atoms with van der Waals surface area (Å²) < 4.78 is 0. The SMILES string of the molecule is S=C(NCCc1ccccc1)N1CCN(c2ccc(Cl)cc2)CC1. The van der Waals surface area contributed by atoms with Crippen LogP contribution in [0.5, 0.6) is 0 Å². The fourth-order valence-electron chi connectivity index (χ4n) is 2.89. The summed E-state index contributed by atoms with van der Waals surface area (Å²) in [6, 6.07) is 18.5. The van der Waals surface area contributed by atoms with Gasteiger partial charge in [-0.2, -0.15) is 0 Å². The highest BCUT2D eigenvalue weighted by Crippen LogP contribution is 2.19. The first-order valence-corrected chi connectivity index (χ1v) is 9.08. The molecule has 2 aromatic carbocycles. The topological polar surface area (TPSA) is 18.5 Å². The third-order valence-corrected chi connectivity index (χ3v) is 4.95. The number of benzene rings is 2. The maximum atomic E-state index is 5.96. The van der Waals surface area contributed by atoms with Gasteiger partial charge in [0.1, 0.15) is 0 Å². The Morgan fingerprint density at radius 1 is 0.958 bits per heavy atom. The number of hydrogen-bond acceptors (Lipinski definition) is 2. The van der Waals surface area contributed by atoms with Crippen LogP contribution in [-0.2, 0) is 6.42 Å². The van der Waals surface area contributed by atoms with E-state index in [4.69, 9.17) is 23.8 Å². The molecular formula is C19H22ClN3S. The van der Waals surface area contributed by atoms with Crippen LogP contribution in [0, 0.1) is 0 Å². The van der Waals surface area contributed by atoms with Gasteiger partial charge in [0.2, 0.25) is 0 Å². The molecule has 0 unspecified atom stereocenters. The van der Waals surface area contributed by atoms with E-state index in [1.807, 2.05) is 18.2 Å². The third kappa shape index (κ3) is 4.62. The number of nitrogens with one attached hydrogen (secondary N) is 1. The van der Waals surface area contributed by atoms with Crippen LogP contribution in [0.25, 0.3) is 0 Å². The molecule has 1 fully saturated rings. The molecule has 0 bridgehead atoms. The van der Waals surface area contributed by atoms with Crippen molar-refractivity contribution < 1.29 is 0 Å². The maximum Gasteiger partial charge on any atom is 0.169 e. The van der Waals surface area contributed by atoms with Crippen molar-refractivity contribution in [2.45, 2.75) is 6.42 Å². The summed E-state index contributed by atoms with van der Waals surface area (Å²) in [6.07, 6.45) is 0.992. The van der Waals surface area contributed by atoms with Crippen LogP contribution in [0.1, 0.15) is 5.56 Å². The molecule has 1 heterocycles. The van der Waals surface area contributed by atoms with Crippen LogP contribution >= 0.6 is 23.8 Å². The van der Waals surface area contributed by atoms with Crippen molar-refractivity contribution >= 4 is 34.6 Å². The van der Waals surface area contributed by atoms with E-state index < -0.39 is 0 Å². The van der Waals surface area contributed by atoms with Crippen LogP contribution in [-0.4, -0.2) is 42.7 Å². The molecule has 1 N–H and O–H groups in total. The highest BCUT2D eigenvalue weighted by Gasteiger charge is 2.18. The zero-order valence-electron chi connectivity index (χ0n) is 13.6. The zero-order valence-corrected chi connectivity index (χ0v) is 15.2. The molecule has 3 rings (SSSR count). The van der Waals surface area contributed by atoms with Gasteiger partial charge in [-0.15, -0.1) is 0 Å². The van der Waals surface area contributed by atoms with Gasteiger partial charge in [-0.1, -0.05) is 41.9 Å². The smallest absolute Gasteiger partial charge is 0.169 e. The Morgan fingerprint density at radius 2 is 1.62 bits per heavy atom. The van der Waals surface area contributed by atoms with Gasteiger partial charge in [-0.05, 0) is 48.5 Å². The predicted molar refractivity (Wildman–Crippen MR) is 106 cm³/mol. The highest BCUT2D eigenvalue weighted by atomic mass is 35.5. The number of piperazine rings is 1. The van der Waals surface area contributed by atoms with E-state index in [1.165, 1.54) is 11.3 Å². The van der Waals surface area contributed by atoms with Gasteiger partial charge in [-0.3, -0.25) is 0 Å². The fourth-order valence-corrected chi connectivity index (χ4v) is 3.30. The van der Waals surface area contributed by atoms with Crippen molar-refractivity contribution in [3.05, 3.63) is 65.2 Å². The normalized spacial score (nSPS) is 14.5. The second-order valence-electron chi connectivity index (χ2n) is 5.92. The van der Waals surface area contributed by atoms with Crippen LogP contribution in [0.15, 0.2) is 54.6 Å². The molecule has 3 nitrogen and oxygen atoms in total. The van der Waals surface area contributed by atoms with E-state index in [9.17, 15) is 0 Å². The van der Waals surface area contributed by atoms with Gasteiger partial charge in [-0.25, -0.2) is 0 Å². The van der Waals surface area contributed by atoms with Gasteiger partial charge in [0.25, 0.3) is 0 Å². The summed E-state index contributed by atoms with van der Waals surface area (Å²) >= 11 is 11.5. The van der Waals surface area contributed by atoms with Crippen molar-refractivity contribution in [1.82, 2.24) is 10.2 Å². The van der Waals surface area contributed by atoms with Crippen molar-refractivity contribution in [3.63, 3.8) is 0 Å². The van der Waals surface area contributed by atoms with Crippen molar-refractivity contribution in [3.8, 4) is 0 Å². The molecule has 0 spiro atoms. The number of thiocarbonyl (C=S) groups is 1. The first-order valence-electron chi connectivity index (χ1n) is 8.29. The van der Waals surface area contributed by atoms with Gasteiger partial charge in [0, 0.05) is 43.4 Å². The first kappa shape index (κ1) is 17.1. The monoisotopic (exact) mass is 359 g/mol. The Balaban J connectivity index is 1.42. The summed E-state index contributed by atoms with van der Waals surface area (Å²) in [5.41, 5.74) is 2.56. The number of hydrogen-bond donors (Lipinski definition) is 1. The lowest BCUT2D eigenvalue weighted by Crippen LogP contribution is -2.52. The molecular weight excluding hydrogens is 338 g/mol. The van der Waals surface area contributed by atoms with E-state index in [-0.39, 0.29) is 0 Å². The van der Waals surface area contributed by atoms with Crippen molar-refractivity contribution in [2.75, 3.05) is 37.6 Å². The van der Waals surface area contributed by atoms with E-state index >= 15 is 0 Å². The molecule has 0 aliphatic carbocycles. The van der Waals surface area contributed by atoms with Crippen molar-refractivity contribution in [1.29, 1.82) is 0 Å². The van der Waals surface area contributed by atoms with Crippen LogP contribution < -0.4 is 10.2 Å². The van der Waals surface area contributed by atoms with Gasteiger partial charge >= 0.3 is 0 Å². The second-order valence-corrected chi connectivity index (χ2v) is 6.74. The standard InChI is InChI=1S/C19H22ClN3S/c20-17-6-8-18(9-7-17)22-12-14-23(15-13-22)19(24)21-11-10-16-4-2-1-3-5-16/h1-9H,10-15H2,(H,21,24). The minimum absolute atomic E-state index is 0.779. The Labute approximate surface area is 154 Å². The average Bonchev–Trinajstić information content (AvgIpc) is 2.63. The van der Waals surface area contributed by atoms with E-state index in [1.54, 1.807) is 0 Å². The maximum absolute atomic E-state index is 5.96. The van der Waals surface area contributed by atoms with Crippen LogP contribution in [0.2, 0.25) is 5.02 Å². The molecule has 0 aromatic heterocycles. The highest BCUT2D eigenvalue weighted by molar-refractivity contribution is 7.80. The summed E-state index contributed by atoms with van der Waals surface area (Å²) in [5, 5.41) is 5.03. The summed E-state index contributed by atoms with van der Waals surface area (Å²) in [7, 11) is 0. The van der Waals surface area contributed by atoms with Gasteiger partial charge in [0.15, 0.2) is 5.11 Å². The molecule has 0 atom stereocenters. The molecule has 0 radical (unpaired) electrons. The average molecular weight is 360 g/mol. The first-order chi connectivity index (χ1) is 11.7. The molecule has 126 valence electrons. The van der Waals surface area contributed by atoms with E-state index in [0.29, 0.717) is 0 Å². The Hall–Kier alpha value is -1.78. The Bertz CT molecular complexity index is 652. The van der Waals surface area contributed by atoms with Crippen molar-refractivity contribution in [2.24, 2.45) is 0 Å². The second kappa shape index (κ2) is 8.36. The van der Waals surface area contributed by atoms with E-state index in [0.717, 1.165) is 49.3 Å². The molecule has 1 saturated heterocycles. The van der Waals surface area contributed by atoms with E-state index in [2.05, 4.69) is 51.5 Å². The minimum atomic E-state index is 0.779. The van der Waals surface area contributed by atoms with Gasteiger partial charge in [0.05, 0.1) is 0 Å². The lowest BCUT2D eigenvalue weighted by molar-refractivity contribution is 0.380. The number of rotatable bonds is 4. The van der Waals surface area contributed by atoms with Crippen LogP contribution in [0.3, 0.4) is 0 Å². The number of anilines is 1. The number of nitrogens with zero attached hydrogens (tertiary/aromatic N) is 2. The minimum Gasteiger partial charge on any atom is -0.368 e. The zero-order chi connectivity index (χ0) is 16.8. The fraction of sp³-hybridized carbons (Fsp3) is 0.316. The molecule has 1 aliphatic rings. The predicted octanol–water partition coefficient (Wildman–Crippen LogP) is 3.58. The summed E-state index contributed by atoms with van der Waals surface area (Å²) in [6.45, 7) is 4.71. The third-order valence-electron chi connectivity index (χ3n) is 4.29. The molecule has 5 heteroatoms. The number of halogens is 1. The lowest BCUT2D eigenvalue weighted by atomic mass is 10.1. The Morgan fingerprint density at radius 3 is 2.29 bits per heavy atom. The Kier molecular flexibility index (Phi) is 5.94. The molecule has 0 saturated carbocycles. The molecule has 1 aliphatic heterocycles. The molecule has 2 aromatic rings. The van der Waals surface area contributed by atoms with Crippen LogP contribution in [0.4, 0.5) is 5.69 Å². The molecule has 24 heavy (non-hydrogen) atoms.